The van der Waals surface area contributed by atoms with E-state index in [1.54, 1.807) is 13.0 Å². The van der Waals surface area contributed by atoms with Crippen LogP contribution in [0.4, 0.5) is 0 Å². The number of para-hydroxylation sites is 1. The van der Waals surface area contributed by atoms with Crippen molar-refractivity contribution in [3.63, 3.8) is 0 Å². The molecule has 2 aromatic rings. The van der Waals surface area contributed by atoms with E-state index in [1.807, 2.05) is 42.2 Å². The highest BCUT2D eigenvalue weighted by atomic mass is 16.7. The van der Waals surface area contributed by atoms with Gasteiger partial charge in [0.15, 0.2) is 23.0 Å². The molecule has 1 saturated heterocycles. The van der Waals surface area contributed by atoms with E-state index in [2.05, 4.69) is 5.32 Å². The van der Waals surface area contributed by atoms with Crippen LogP contribution in [0.1, 0.15) is 50.3 Å². The SMILES string of the molecule is CCOc1cccc([C@@H]2CC(c3ccc4c(c3)OCO4)=NC3(CCN(C(C)=O)CC3)N2)c1O. The zero-order valence-electron chi connectivity index (χ0n) is 19.0. The third kappa shape index (κ3) is 4.11. The lowest BCUT2D eigenvalue weighted by atomic mass is 9.87. The Morgan fingerprint density at radius 1 is 1.24 bits per heavy atom. The van der Waals surface area contributed by atoms with Gasteiger partial charge in [0.2, 0.25) is 12.7 Å². The molecule has 174 valence electrons. The number of carbonyl (C=O) groups excluding carboxylic acids is 1. The van der Waals surface area contributed by atoms with Gasteiger partial charge in [-0.3, -0.25) is 15.1 Å². The molecule has 5 rings (SSSR count). The number of hydrogen-bond donors (Lipinski definition) is 2. The fraction of sp³-hybridized carbons (Fsp3) is 0.440. The van der Waals surface area contributed by atoms with Crippen LogP contribution in [0.3, 0.4) is 0 Å². The van der Waals surface area contributed by atoms with E-state index in [1.165, 1.54) is 0 Å². The molecule has 2 N–H and O–H groups in total. The molecule has 8 nitrogen and oxygen atoms in total. The summed E-state index contributed by atoms with van der Waals surface area (Å²) in [6, 6.07) is 11.3. The van der Waals surface area contributed by atoms with Gasteiger partial charge < -0.3 is 24.2 Å². The smallest absolute Gasteiger partial charge is 0.231 e. The van der Waals surface area contributed by atoms with Gasteiger partial charge in [0.1, 0.15) is 5.66 Å². The normalized spacial score (nSPS) is 21.1. The number of ether oxygens (including phenoxy) is 3. The first-order chi connectivity index (χ1) is 16.0. The van der Waals surface area contributed by atoms with Gasteiger partial charge in [0, 0.05) is 56.6 Å². The lowest BCUT2D eigenvalue weighted by Crippen LogP contribution is -2.56. The summed E-state index contributed by atoms with van der Waals surface area (Å²) < 4.78 is 16.7. The fourth-order valence-electron chi connectivity index (χ4n) is 4.89. The van der Waals surface area contributed by atoms with Crippen molar-refractivity contribution < 1.29 is 24.1 Å². The molecule has 0 bridgehead atoms. The second-order valence-corrected chi connectivity index (χ2v) is 8.69. The Bertz CT molecular complexity index is 1090. The maximum atomic E-state index is 11.9. The number of phenolic OH excluding ortho intramolecular Hbond substituents is 1. The van der Waals surface area contributed by atoms with Gasteiger partial charge in [-0.25, -0.2) is 0 Å². The van der Waals surface area contributed by atoms with Crippen LogP contribution >= 0.6 is 0 Å². The third-order valence-corrected chi connectivity index (χ3v) is 6.64. The monoisotopic (exact) mass is 451 g/mol. The Morgan fingerprint density at radius 3 is 2.79 bits per heavy atom. The highest BCUT2D eigenvalue weighted by Gasteiger charge is 2.41. The molecular formula is C25H29N3O5. The summed E-state index contributed by atoms with van der Waals surface area (Å²) in [7, 11) is 0. The number of amides is 1. The van der Waals surface area contributed by atoms with E-state index in [-0.39, 0.29) is 24.5 Å². The van der Waals surface area contributed by atoms with Crippen LogP contribution in [-0.2, 0) is 4.79 Å². The van der Waals surface area contributed by atoms with Crippen LogP contribution in [-0.4, -0.2) is 53.8 Å². The van der Waals surface area contributed by atoms with Gasteiger partial charge >= 0.3 is 0 Å². The first kappa shape index (κ1) is 21.6. The van der Waals surface area contributed by atoms with Crippen molar-refractivity contribution in [2.75, 3.05) is 26.5 Å². The number of likely N-dealkylation sites (tertiary alicyclic amines) is 1. The summed E-state index contributed by atoms with van der Waals surface area (Å²) in [6.07, 6.45) is 1.99. The number of nitrogens with zero attached hydrogens (tertiary/aromatic N) is 2. The summed E-state index contributed by atoms with van der Waals surface area (Å²) in [5.41, 5.74) is 2.17. The Balaban J connectivity index is 1.52. The van der Waals surface area contributed by atoms with Gasteiger partial charge in [-0.05, 0) is 36.8 Å². The summed E-state index contributed by atoms with van der Waals surface area (Å²) in [5.74, 6) is 2.16. The molecule has 2 aromatic carbocycles. The van der Waals surface area contributed by atoms with Crippen molar-refractivity contribution in [1.82, 2.24) is 10.2 Å². The topological polar surface area (TPSA) is 92.6 Å². The Morgan fingerprint density at radius 2 is 2.03 bits per heavy atom. The van der Waals surface area contributed by atoms with E-state index in [0.717, 1.165) is 22.6 Å². The summed E-state index contributed by atoms with van der Waals surface area (Å²) in [4.78, 5) is 18.9. The van der Waals surface area contributed by atoms with Crippen molar-refractivity contribution in [2.24, 2.45) is 4.99 Å². The Hall–Kier alpha value is -3.26. The van der Waals surface area contributed by atoms with Crippen LogP contribution in [0.2, 0.25) is 0 Å². The molecule has 0 unspecified atom stereocenters. The minimum absolute atomic E-state index is 0.0826. The second kappa shape index (κ2) is 8.59. The largest absolute Gasteiger partial charge is 0.504 e. The maximum Gasteiger partial charge on any atom is 0.231 e. The fourth-order valence-corrected chi connectivity index (χ4v) is 4.89. The van der Waals surface area contributed by atoms with Gasteiger partial charge in [-0.2, -0.15) is 0 Å². The second-order valence-electron chi connectivity index (χ2n) is 8.69. The predicted octanol–water partition coefficient (Wildman–Crippen LogP) is 3.38. The zero-order valence-corrected chi connectivity index (χ0v) is 19.0. The number of rotatable bonds is 4. The van der Waals surface area contributed by atoms with Gasteiger partial charge in [0.05, 0.1) is 6.61 Å². The van der Waals surface area contributed by atoms with Crippen LogP contribution < -0.4 is 19.5 Å². The van der Waals surface area contributed by atoms with Crippen molar-refractivity contribution in [3.8, 4) is 23.0 Å². The summed E-state index contributed by atoms with van der Waals surface area (Å²) >= 11 is 0. The minimum Gasteiger partial charge on any atom is -0.504 e. The van der Waals surface area contributed by atoms with Crippen molar-refractivity contribution in [1.29, 1.82) is 0 Å². The molecule has 1 atom stereocenters. The zero-order chi connectivity index (χ0) is 23.0. The van der Waals surface area contributed by atoms with E-state index < -0.39 is 5.66 Å². The third-order valence-electron chi connectivity index (χ3n) is 6.64. The lowest BCUT2D eigenvalue weighted by molar-refractivity contribution is -0.130. The molecule has 0 aliphatic carbocycles. The number of aromatic hydroxyl groups is 1. The van der Waals surface area contributed by atoms with Crippen LogP contribution in [0.5, 0.6) is 23.0 Å². The minimum atomic E-state index is -0.519. The molecule has 3 aliphatic heterocycles. The average molecular weight is 452 g/mol. The number of nitrogens with one attached hydrogen (secondary N) is 1. The highest BCUT2D eigenvalue weighted by Crippen LogP contribution is 2.41. The predicted molar refractivity (Wildman–Crippen MR) is 123 cm³/mol. The van der Waals surface area contributed by atoms with Crippen LogP contribution in [0.15, 0.2) is 41.4 Å². The molecule has 3 aliphatic rings. The number of phenols is 1. The molecular weight excluding hydrogens is 422 g/mol. The maximum absolute atomic E-state index is 11.9. The molecule has 0 saturated carbocycles. The Kier molecular flexibility index (Phi) is 5.62. The van der Waals surface area contributed by atoms with Crippen LogP contribution in [0.25, 0.3) is 0 Å². The molecule has 3 heterocycles. The number of hydrogen-bond acceptors (Lipinski definition) is 7. The van der Waals surface area contributed by atoms with Crippen LogP contribution in [0, 0.1) is 0 Å². The van der Waals surface area contributed by atoms with E-state index >= 15 is 0 Å². The van der Waals surface area contributed by atoms with E-state index in [4.69, 9.17) is 19.2 Å². The first-order valence-electron chi connectivity index (χ1n) is 11.4. The molecule has 8 heteroatoms. The number of benzene rings is 2. The molecule has 1 spiro atoms. The van der Waals surface area contributed by atoms with E-state index in [0.29, 0.717) is 50.5 Å². The standard InChI is InChI=1S/C25H29N3O5/c1-3-31-22-6-4-5-18(24(22)30)20-14-19(17-7-8-21-23(13-17)33-15-32-21)26-25(27-20)9-11-28(12-10-25)16(2)29/h4-8,13,20,27,30H,3,9-12,14-15H2,1-2H3/t20-/m0/s1. The average Bonchev–Trinajstić information content (AvgIpc) is 3.28. The highest BCUT2D eigenvalue weighted by molar-refractivity contribution is 6.02. The van der Waals surface area contributed by atoms with Gasteiger partial charge in [0.25, 0.3) is 0 Å². The molecule has 1 fully saturated rings. The van der Waals surface area contributed by atoms with Gasteiger partial charge in [-0.1, -0.05) is 12.1 Å². The van der Waals surface area contributed by atoms with Gasteiger partial charge in [-0.15, -0.1) is 0 Å². The lowest BCUT2D eigenvalue weighted by Gasteiger charge is -2.45. The Labute approximate surface area is 193 Å². The molecule has 0 aromatic heterocycles. The molecule has 0 radical (unpaired) electrons. The number of piperidine rings is 1. The number of carbonyl (C=O) groups is 1. The van der Waals surface area contributed by atoms with E-state index in [9.17, 15) is 9.90 Å². The van der Waals surface area contributed by atoms with Crippen molar-refractivity contribution in [3.05, 3.63) is 47.5 Å². The summed E-state index contributed by atoms with van der Waals surface area (Å²) in [5, 5.41) is 14.7. The number of aliphatic imine (C=N–C) groups is 1. The first-order valence-corrected chi connectivity index (χ1v) is 11.4. The summed E-state index contributed by atoms with van der Waals surface area (Å²) in [6.45, 7) is 5.47. The van der Waals surface area contributed by atoms with Crippen molar-refractivity contribution in [2.45, 2.75) is 44.8 Å². The van der Waals surface area contributed by atoms with Crippen molar-refractivity contribution >= 4 is 11.6 Å². The molecule has 1 amide bonds. The quantitative estimate of drug-likeness (QED) is 0.740. The molecule has 33 heavy (non-hydrogen) atoms. The number of fused-ring (bicyclic) bond motifs is 1.